The summed E-state index contributed by atoms with van der Waals surface area (Å²) < 4.78 is 0. The summed E-state index contributed by atoms with van der Waals surface area (Å²) in [6, 6.07) is 0. The van der Waals surface area contributed by atoms with E-state index in [9.17, 15) is 0 Å². The Kier molecular flexibility index (Phi) is 125. The SMILES string of the molecule is [GaH3].[GeH4].[SbH3].[TeH2]. The topological polar surface area (TPSA) is 0 Å². The van der Waals surface area contributed by atoms with Crippen LogP contribution in [-0.2, 0) is 0 Å². The first-order valence-corrected chi connectivity index (χ1v) is 0. The van der Waals surface area contributed by atoms with Crippen LogP contribution in [0.15, 0.2) is 0 Å². The molecule has 0 saturated heterocycles. The molecule has 0 unspecified atom stereocenters. The van der Waals surface area contributed by atoms with Crippen LogP contribution in [0.25, 0.3) is 0 Å². The van der Waals surface area contributed by atoms with Gasteiger partial charge in [0.1, 0.15) is 0 Å². The number of hydrogen-bond acceptors (Lipinski definition) is 0. The molecular weight excluding hydrogens is 392 g/mol. The van der Waals surface area contributed by atoms with Crippen LogP contribution >= 0.6 is 0 Å². The van der Waals surface area contributed by atoms with Gasteiger partial charge in [0.2, 0.25) is 0 Å². The molecule has 4 heteroatoms. The van der Waals surface area contributed by atoms with E-state index in [1.54, 1.807) is 0 Å². The fourth-order valence-corrected chi connectivity index (χ4v) is 0. The first-order valence-electron chi connectivity index (χ1n) is 0. The van der Waals surface area contributed by atoms with Crippen LogP contribution in [0.1, 0.15) is 0 Å². The molecule has 4 heavy (non-hydrogen) atoms. The molecule has 0 aliphatic heterocycles. The minimum absolute atomic E-state index is 0. The van der Waals surface area contributed by atoms with Crippen LogP contribution < -0.4 is 0 Å². The van der Waals surface area contributed by atoms with Gasteiger partial charge in [-0.1, -0.05) is 0 Å². The summed E-state index contributed by atoms with van der Waals surface area (Å²) in [7, 11) is 0. The molecule has 0 fully saturated rings. The Balaban J connectivity index is 0. The fraction of sp³-hybridized carbons (Fsp3) is 0. The second kappa shape index (κ2) is 17.1. The van der Waals surface area contributed by atoms with E-state index < -0.39 is 0 Å². The molecule has 0 bridgehead atoms. The van der Waals surface area contributed by atoms with Crippen LogP contribution in [-0.4, -0.2) is 85.5 Å². The Bertz CT molecular complexity index is 8.00. The van der Waals surface area contributed by atoms with Gasteiger partial charge in [-0.3, -0.25) is 0 Å². The molecule has 0 atom stereocenters. The third kappa shape index (κ3) is 8.84. The van der Waals surface area contributed by atoms with Gasteiger partial charge in [-0.15, -0.1) is 0 Å². The summed E-state index contributed by atoms with van der Waals surface area (Å²) in [5.41, 5.74) is 0. The summed E-state index contributed by atoms with van der Waals surface area (Å²) in [4.78, 5) is 0. The molecule has 0 aliphatic carbocycles. The Labute approximate surface area is 84.1 Å². The van der Waals surface area contributed by atoms with Gasteiger partial charge in [0.05, 0.1) is 0 Å². The Hall–Kier alpha value is 2.79. The molecule has 0 aliphatic rings. The van der Waals surface area contributed by atoms with Crippen LogP contribution in [0.2, 0.25) is 0 Å². The second-order valence-electron chi connectivity index (χ2n) is 0. The average Bonchev–Trinajstić information content (AvgIpc) is 0. The predicted molar refractivity (Wildman–Crippen MR) is 39.8 cm³/mol. The molecule has 0 N–H and O–H groups in total. The zero-order valence-corrected chi connectivity index (χ0v) is 8.10. The van der Waals surface area contributed by atoms with E-state index >= 15 is 0 Å². The molecule has 0 aromatic rings. The monoisotopic (exact) mass is 406 g/mol. The van der Waals surface area contributed by atoms with Gasteiger partial charge in [-0.2, -0.15) is 0 Å². The van der Waals surface area contributed by atoms with E-state index in [2.05, 4.69) is 0 Å². The van der Waals surface area contributed by atoms with Crippen molar-refractivity contribution in [2.75, 3.05) is 0 Å². The van der Waals surface area contributed by atoms with E-state index in [0.717, 1.165) is 0 Å². The molecule has 0 aromatic heterocycles. The van der Waals surface area contributed by atoms with Gasteiger partial charge in [0.25, 0.3) is 0 Å². The normalized spacial score (nSPS) is 0. The van der Waals surface area contributed by atoms with E-state index in [1.165, 1.54) is 0 Å². The maximum atomic E-state index is 0. The molecule has 0 amide bonds. The van der Waals surface area contributed by atoms with E-state index in [4.69, 9.17) is 0 Å². The van der Waals surface area contributed by atoms with Gasteiger partial charge < -0.3 is 0 Å². The molecule has 0 radical (unpaired) electrons. The molecule has 0 rings (SSSR count). The van der Waals surface area contributed by atoms with Crippen molar-refractivity contribution >= 4 is 85.5 Å². The van der Waals surface area contributed by atoms with Crippen molar-refractivity contribution in [3.05, 3.63) is 0 Å². The average molecular weight is 404 g/mol. The molecule has 0 saturated carbocycles. The van der Waals surface area contributed by atoms with E-state index in [-0.39, 0.29) is 85.5 Å². The zero-order chi connectivity index (χ0) is 0. The van der Waals surface area contributed by atoms with Crippen molar-refractivity contribution in [3.8, 4) is 0 Å². The molecule has 0 aromatic carbocycles. The summed E-state index contributed by atoms with van der Waals surface area (Å²) in [5, 5.41) is 0. The first kappa shape index (κ1) is 29.3. The van der Waals surface area contributed by atoms with Gasteiger partial charge in [0, 0.05) is 0 Å². The summed E-state index contributed by atoms with van der Waals surface area (Å²) >= 11 is 0. The first-order chi connectivity index (χ1) is 0. The quantitative estimate of drug-likeness (QED) is 0.357. The fourth-order valence-electron chi connectivity index (χ4n) is 0. The van der Waals surface area contributed by atoms with Gasteiger partial charge in [0.15, 0.2) is 0 Å². The van der Waals surface area contributed by atoms with Crippen LogP contribution in [0.5, 0.6) is 0 Å². The van der Waals surface area contributed by atoms with Gasteiger partial charge >= 0.3 is 85.5 Å². The van der Waals surface area contributed by atoms with Crippen LogP contribution in [0, 0.1) is 0 Å². The predicted octanol–water partition coefficient (Wildman–Crippen LogP) is -4.74. The van der Waals surface area contributed by atoms with Crippen molar-refractivity contribution in [1.82, 2.24) is 0 Å². The molecule has 0 spiro atoms. The van der Waals surface area contributed by atoms with Gasteiger partial charge in [-0.05, 0) is 0 Å². The standard InChI is InChI=1S/Ga.GeH4.Sb.H2Te.6H/h;1H4;;1H2;;;;;;. The van der Waals surface area contributed by atoms with E-state index in [1.807, 2.05) is 0 Å². The van der Waals surface area contributed by atoms with Crippen molar-refractivity contribution in [1.29, 1.82) is 0 Å². The second-order valence-corrected chi connectivity index (χ2v) is 0. The van der Waals surface area contributed by atoms with E-state index in [0.29, 0.717) is 0 Å². The zero-order valence-electron chi connectivity index (χ0n) is 1.21. The van der Waals surface area contributed by atoms with Crippen molar-refractivity contribution in [2.24, 2.45) is 0 Å². The Morgan fingerprint density at radius 3 is 1.00 bits per heavy atom. The molecule has 0 heterocycles. The number of hydrogen-bond donors (Lipinski definition) is 0. The Morgan fingerprint density at radius 2 is 1.00 bits per heavy atom. The molecular formula is H12GaGeSbTe. The third-order valence-electron chi connectivity index (χ3n) is 0. The maximum absolute atomic E-state index is 0. The molecule has 30 valence electrons. The molecule has 0 nitrogen and oxygen atoms in total. The van der Waals surface area contributed by atoms with Crippen molar-refractivity contribution in [2.45, 2.75) is 0 Å². The van der Waals surface area contributed by atoms with Crippen molar-refractivity contribution < 1.29 is 0 Å². The van der Waals surface area contributed by atoms with Crippen molar-refractivity contribution in [3.63, 3.8) is 0 Å². The van der Waals surface area contributed by atoms with Crippen LogP contribution in [0.4, 0.5) is 0 Å². The van der Waals surface area contributed by atoms with Crippen LogP contribution in [0.3, 0.4) is 0 Å². The van der Waals surface area contributed by atoms with Gasteiger partial charge in [-0.25, -0.2) is 0 Å². The summed E-state index contributed by atoms with van der Waals surface area (Å²) in [5.74, 6) is 0. The Morgan fingerprint density at radius 1 is 1.00 bits per heavy atom. The third-order valence-corrected chi connectivity index (χ3v) is 0. The number of rotatable bonds is 0. The summed E-state index contributed by atoms with van der Waals surface area (Å²) in [6.45, 7) is 0. The summed E-state index contributed by atoms with van der Waals surface area (Å²) in [6.07, 6.45) is 0. The minimum atomic E-state index is 0.